The minimum absolute atomic E-state index is 0.0186. The molecule has 0 saturated carbocycles. The van der Waals surface area contributed by atoms with E-state index in [1.807, 2.05) is 0 Å². The van der Waals surface area contributed by atoms with Crippen molar-refractivity contribution in [2.45, 2.75) is 77.0 Å². The van der Waals surface area contributed by atoms with Crippen LogP contribution in [0.25, 0.3) is 44.5 Å². The third-order valence-corrected chi connectivity index (χ3v) is 15.3. The fourth-order valence-corrected chi connectivity index (χ4v) is 11.6. The van der Waals surface area contributed by atoms with E-state index in [0.717, 1.165) is 39.7 Å². The van der Waals surface area contributed by atoms with Crippen LogP contribution in [0, 0.1) is 0 Å². The number of nitrogens with zero attached hydrogens (tertiary/aromatic N) is 1. The predicted molar refractivity (Wildman–Crippen MR) is 284 cm³/mol. The average Bonchev–Trinajstić information content (AvgIpc) is 3.76. The molecule has 2 heteroatoms. The van der Waals surface area contributed by atoms with E-state index in [0.29, 0.717) is 0 Å². The van der Waals surface area contributed by atoms with E-state index in [9.17, 15) is 0 Å². The van der Waals surface area contributed by atoms with Gasteiger partial charge < -0.3 is 9.64 Å². The molecule has 68 heavy (non-hydrogen) atoms. The zero-order chi connectivity index (χ0) is 46.7. The third kappa shape index (κ3) is 6.37. The molecule has 3 aliphatic rings. The van der Waals surface area contributed by atoms with Gasteiger partial charge in [0, 0.05) is 33.6 Å². The first-order valence-corrected chi connectivity index (χ1v) is 24.2. The highest BCUT2D eigenvalue weighted by Gasteiger charge is 2.52. The van der Waals surface area contributed by atoms with Crippen LogP contribution in [-0.4, -0.2) is 0 Å². The summed E-state index contributed by atoms with van der Waals surface area (Å²) in [6.45, 7) is 18.6. The zero-order valence-electron chi connectivity index (χ0n) is 40.4. The topological polar surface area (TPSA) is 12.5 Å². The van der Waals surface area contributed by atoms with Gasteiger partial charge in [-0.3, -0.25) is 0 Å². The number of rotatable bonds is 5. The van der Waals surface area contributed by atoms with Crippen LogP contribution in [0.15, 0.2) is 200 Å². The number of fused-ring (bicyclic) bond motifs is 12. The SMILES string of the molecule is CC(C)(C)c1ccc2c(c1)C1(c3ccccc3Oc3cc(-c4ccc(N(c5ccc(-c6ccccc6)cc5)c5ccc6c(c5)C(C)(C)c5ccccc5-6)cc4)ccc31)c1cc(C(C)(C)C)ccc1-2. The van der Waals surface area contributed by atoms with Crippen molar-refractivity contribution in [1.82, 2.24) is 0 Å². The van der Waals surface area contributed by atoms with Crippen LogP contribution in [-0.2, 0) is 21.7 Å². The Bertz CT molecular complexity index is 3390. The van der Waals surface area contributed by atoms with Crippen molar-refractivity contribution in [1.29, 1.82) is 0 Å². The molecule has 1 heterocycles. The summed E-state index contributed by atoms with van der Waals surface area (Å²) in [5.74, 6) is 1.80. The summed E-state index contributed by atoms with van der Waals surface area (Å²) in [6.07, 6.45) is 0. The lowest BCUT2D eigenvalue weighted by atomic mass is 9.64. The van der Waals surface area contributed by atoms with Gasteiger partial charge in [0.25, 0.3) is 0 Å². The Hall–Kier alpha value is -7.42. The summed E-state index contributed by atoms with van der Waals surface area (Å²) in [7, 11) is 0. The maximum absolute atomic E-state index is 7.04. The quantitative estimate of drug-likeness (QED) is 0.171. The Morgan fingerprint density at radius 3 is 1.41 bits per heavy atom. The Kier molecular flexibility index (Phi) is 9.29. The highest BCUT2D eigenvalue weighted by molar-refractivity contribution is 5.91. The van der Waals surface area contributed by atoms with Gasteiger partial charge in [0.05, 0.1) is 5.41 Å². The van der Waals surface area contributed by atoms with E-state index in [2.05, 4.69) is 260 Å². The van der Waals surface area contributed by atoms with Gasteiger partial charge in [-0.15, -0.1) is 0 Å². The Morgan fingerprint density at radius 2 is 0.794 bits per heavy atom. The largest absolute Gasteiger partial charge is 0.457 e. The van der Waals surface area contributed by atoms with Crippen LogP contribution in [0.5, 0.6) is 11.5 Å². The molecule has 2 nitrogen and oxygen atoms in total. The van der Waals surface area contributed by atoms with Gasteiger partial charge in [-0.05, 0) is 137 Å². The maximum Gasteiger partial charge on any atom is 0.132 e. The molecular formula is C66H57NO. The van der Waals surface area contributed by atoms with Crippen LogP contribution in [0.3, 0.4) is 0 Å². The Labute approximate surface area is 402 Å². The molecule has 1 spiro atoms. The summed E-state index contributed by atoms with van der Waals surface area (Å²) in [5, 5.41) is 0. The summed E-state index contributed by atoms with van der Waals surface area (Å²) in [4.78, 5) is 2.40. The Balaban J connectivity index is 0.983. The van der Waals surface area contributed by atoms with Crippen LogP contribution < -0.4 is 9.64 Å². The number of anilines is 3. The van der Waals surface area contributed by atoms with E-state index < -0.39 is 5.41 Å². The molecule has 0 saturated heterocycles. The molecule has 0 radical (unpaired) electrons. The van der Waals surface area contributed by atoms with Crippen LogP contribution in [0.2, 0.25) is 0 Å². The van der Waals surface area contributed by atoms with Crippen molar-refractivity contribution in [3.63, 3.8) is 0 Å². The Morgan fingerprint density at radius 1 is 0.338 bits per heavy atom. The van der Waals surface area contributed by atoms with Gasteiger partial charge in [-0.1, -0.05) is 207 Å². The standard InChI is InChI=1S/C66H57NO/c1-63(2,3)46-27-34-53-54-35-28-47(64(4,5)6)40-60(54)66(59(53)39-46)56-20-14-15-21-61(56)68-62-38-45(26-37-57(62)66)44-24-31-49(32-25-44)67(48-29-22-43(23-30-48)42-16-10-9-11-17-42)50-33-36-52-51-18-12-13-19-55(51)65(7,8)58(52)41-50/h9-41H,1-8H3. The first-order chi connectivity index (χ1) is 32.7. The molecular weight excluding hydrogens is 823 g/mol. The lowest BCUT2D eigenvalue weighted by molar-refractivity contribution is 0.436. The molecule has 0 unspecified atom stereocenters. The number of hydrogen-bond donors (Lipinski definition) is 0. The van der Waals surface area contributed by atoms with Crippen molar-refractivity contribution in [3.05, 3.63) is 245 Å². The van der Waals surface area contributed by atoms with Crippen molar-refractivity contribution in [3.8, 4) is 56.0 Å². The van der Waals surface area contributed by atoms with Crippen molar-refractivity contribution in [2.75, 3.05) is 4.90 Å². The molecule has 0 amide bonds. The molecule has 0 atom stereocenters. The predicted octanol–water partition coefficient (Wildman–Crippen LogP) is 17.9. The number of ether oxygens (including phenoxy) is 1. The van der Waals surface area contributed by atoms with Gasteiger partial charge in [-0.2, -0.15) is 0 Å². The van der Waals surface area contributed by atoms with Gasteiger partial charge in [0.15, 0.2) is 0 Å². The normalized spacial score (nSPS) is 14.5. The van der Waals surface area contributed by atoms with E-state index in [1.165, 1.54) is 77.9 Å². The minimum atomic E-state index is -0.553. The zero-order valence-corrected chi connectivity index (χ0v) is 40.4. The third-order valence-electron chi connectivity index (χ3n) is 15.3. The molecule has 332 valence electrons. The second-order valence-corrected chi connectivity index (χ2v) is 21.8. The van der Waals surface area contributed by atoms with Crippen molar-refractivity contribution < 1.29 is 4.74 Å². The molecule has 2 aliphatic carbocycles. The molecule has 0 N–H and O–H groups in total. The van der Waals surface area contributed by atoms with Crippen LogP contribution in [0.1, 0.15) is 99.9 Å². The molecule has 0 aromatic heterocycles. The molecule has 12 rings (SSSR count). The smallest absolute Gasteiger partial charge is 0.132 e. The molecule has 9 aromatic carbocycles. The van der Waals surface area contributed by atoms with Crippen molar-refractivity contribution >= 4 is 17.1 Å². The average molecular weight is 880 g/mol. The fraction of sp³-hybridized carbons (Fsp3) is 0.182. The first kappa shape index (κ1) is 42.0. The molecule has 0 fully saturated rings. The van der Waals surface area contributed by atoms with E-state index in [1.54, 1.807) is 0 Å². The highest BCUT2D eigenvalue weighted by atomic mass is 16.5. The van der Waals surface area contributed by atoms with E-state index >= 15 is 0 Å². The van der Waals surface area contributed by atoms with Gasteiger partial charge in [0.2, 0.25) is 0 Å². The van der Waals surface area contributed by atoms with Gasteiger partial charge >= 0.3 is 0 Å². The maximum atomic E-state index is 7.04. The van der Waals surface area contributed by atoms with E-state index in [-0.39, 0.29) is 16.2 Å². The van der Waals surface area contributed by atoms with Gasteiger partial charge in [0.1, 0.15) is 11.5 Å². The first-order valence-electron chi connectivity index (χ1n) is 24.2. The number of hydrogen-bond acceptors (Lipinski definition) is 2. The lowest BCUT2D eigenvalue weighted by Gasteiger charge is -2.40. The number of para-hydroxylation sites is 1. The monoisotopic (exact) mass is 879 g/mol. The second-order valence-electron chi connectivity index (χ2n) is 21.8. The summed E-state index contributed by atoms with van der Waals surface area (Å²) < 4.78 is 7.04. The van der Waals surface area contributed by atoms with Crippen LogP contribution in [0.4, 0.5) is 17.1 Å². The van der Waals surface area contributed by atoms with Gasteiger partial charge in [-0.25, -0.2) is 0 Å². The summed E-state index contributed by atoms with van der Waals surface area (Å²) in [6, 6.07) is 74.7. The number of benzene rings is 9. The highest BCUT2D eigenvalue weighted by Crippen LogP contribution is 2.63. The van der Waals surface area contributed by atoms with E-state index in [4.69, 9.17) is 4.74 Å². The lowest BCUT2D eigenvalue weighted by Crippen LogP contribution is -2.33. The minimum Gasteiger partial charge on any atom is -0.457 e. The van der Waals surface area contributed by atoms with Crippen LogP contribution >= 0.6 is 0 Å². The fourth-order valence-electron chi connectivity index (χ4n) is 11.6. The van der Waals surface area contributed by atoms with Crippen molar-refractivity contribution in [2.24, 2.45) is 0 Å². The molecule has 0 bridgehead atoms. The second kappa shape index (κ2) is 15.0. The summed E-state index contributed by atoms with van der Waals surface area (Å²) >= 11 is 0. The molecule has 1 aliphatic heterocycles. The summed E-state index contributed by atoms with van der Waals surface area (Å²) in [5.41, 5.74) is 23.0. The molecule has 9 aromatic rings.